The quantitative estimate of drug-likeness (QED) is 0.840. The number of rotatable bonds is 3. The van der Waals surface area contributed by atoms with Gasteiger partial charge in [-0.05, 0) is 22.8 Å². The van der Waals surface area contributed by atoms with E-state index in [4.69, 9.17) is 4.74 Å². The van der Waals surface area contributed by atoms with E-state index in [0.717, 1.165) is 44.5 Å². The Morgan fingerprint density at radius 2 is 1.57 bits per heavy atom. The molecular formula is C18H18F3NO. The van der Waals surface area contributed by atoms with Crippen LogP contribution in [0.3, 0.4) is 0 Å². The molecule has 0 saturated carbocycles. The fraction of sp³-hybridized carbons (Fsp3) is 0.333. The molecule has 122 valence electrons. The van der Waals surface area contributed by atoms with E-state index in [2.05, 4.69) is 4.90 Å². The van der Waals surface area contributed by atoms with Gasteiger partial charge >= 0.3 is 6.18 Å². The standard InChI is InChI=1S/C18H18F3NO/c19-18(20,21)17-4-2-1-3-16(17)15-7-5-14(6-8-15)13-22-9-11-23-12-10-22/h1-8H,9-13H2. The molecule has 0 bridgehead atoms. The summed E-state index contributed by atoms with van der Waals surface area (Å²) in [6.07, 6.45) is -4.34. The first-order valence-corrected chi connectivity index (χ1v) is 7.60. The van der Waals surface area contributed by atoms with Crippen LogP contribution in [0.4, 0.5) is 13.2 Å². The number of alkyl halides is 3. The summed E-state index contributed by atoms with van der Waals surface area (Å²) in [5.41, 5.74) is 1.31. The van der Waals surface area contributed by atoms with Gasteiger partial charge in [0.2, 0.25) is 0 Å². The lowest BCUT2D eigenvalue weighted by Gasteiger charge is -2.26. The topological polar surface area (TPSA) is 12.5 Å². The van der Waals surface area contributed by atoms with Gasteiger partial charge in [0.1, 0.15) is 0 Å². The van der Waals surface area contributed by atoms with Crippen molar-refractivity contribution in [1.82, 2.24) is 4.90 Å². The minimum atomic E-state index is -4.34. The van der Waals surface area contributed by atoms with E-state index in [1.807, 2.05) is 12.1 Å². The molecule has 0 unspecified atom stereocenters. The molecule has 1 aliphatic rings. The van der Waals surface area contributed by atoms with Gasteiger partial charge in [0.05, 0.1) is 18.8 Å². The van der Waals surface area contributed by atoms with Gasteiger partial charge in [-0.25, -0.2) is 0 Å². The van der Waals surface area contributed by atoms with Gasteiger partial charge in [-0.3, -0.25) is 4.90 Å². The molecule has 0 atom stereocenters. The van der Waals surface area contributed by atoms with Crippen molar-refractivity contribution in [2.45, 2.75) is 12.7 Å². The van der Waals surface area contributed by atoms with E-state index in [0.29, 0.717) is 5.56 Å². The molecule has 0 aliphatic carbocycles. The van der Waals surface area contributed by atoms with E-state index < -0.39 is 11.7 Å². The van der Waals surface area contributed by atoms with E-state index in [9.17, 15) is 13.2 Å². The Labute approximate surface area is 133 Å². The third-order valence-electron chi connectivity index (χ3n) is 4.01. The van der Waals surface area contributed by atoms with Crippen molar-refractivity contribution >= 4 is 0 Å². The normalized spacial score (nSPS) is 16.5. The van der Waals surface area contributed by atoms with Crippen LogP contribution < -0.4 is 0 Å². The summed E-state index contributed by atoms with van der Waals surface area (Å²) in [4.78, 5) is 2.28. The highest BCUT2D eigenvalue weighted by Crippen LogP contribution is 2.36. The number of ether oxygens (including phenoxy) is 1. The summed E-state index contributed by atoms with van der Waals surface area (Å²) in [7, 11) is 0. The highest BCUT2D eigenvalue weighted by atomic mass is 19.4. The Bertz CT molecular complexity index is 646. The van der Waals surface area contributed by atoms with Crippen LogP contribution in [0.5, 0.6) is 0 Å². The van der Waals surface area contributed by atoms with Crippen molar-refractivity contribution in [3.63, 3.8) is 0 Å². The van der Waals surface area contributed by atoms with Gasteiger partial charge in [-0.2, -0.15) is 13.2 Å². The fourth-order valence-corrected chi connectivity index (χ4v) is 2.79. The Morgan fingerprint density at radius 1 is 0.913 bits per heavy atom. The molecule has 23 heavy (non-hydrogen) atoms. The van der Waals surface area contributed by atoms with E-state index in [1.54, 1.807) is 18.2 Å². The smallest absolute Gasteiger partial charge is 0.379 e. The van der Waals surface area contributed by atoms with Crippen LogP contribution in [0.1, 0.15) is 11.1 Å². The van der Waals surface area contributed by atoms with Crippen LogP contribution in [0.15, 0.2) is 48.5 Å². The van der Waals surface area contributed by atoms with Crippen molar-refractivity contribution in [2.75, 3.05) is 26.3 Å². The molecule has 0 spiro atoms. The van der Waals surface area contributed by atoms with Crippen molar-refractivity contribution in [1.29, 1.82) is 0 Å². The summed E-state index contributed by atoms with van der Waals surface area (Å²) in [6, 6.07) is 13.0. The van der Waals surface area contributed by atoms with Gasteiger partial charge in [0.15, 0.2) is 0 Å². The fourth-order valence-electron chi connectivity index (χ4n) is 2.79. The van der Waals surface area contributed by atoms with Crippen molar-refractivity contribution < 1.29 is 17.9 Å². The predicted octanol–water partition coefficient (Wildman–Crippen LogP) is 4.20. The van der Waals surface area contributed by atoms with Crippen LogP contribution in [0.25, 0.3) is 11.1 Å². The molecule has 0 radical (unpaired) electrons. The van der Waals surface area contributed by atoms with Gasteiger partial charge in [-0.15, -0.1) is 0 Å². The largest absolute Gasteiger partial charge is 0.417 e. The van der Waals surface area contributed by atoms with E-state index >= 15 is 0 Å². The second kappa shape index (κ2) is 6.72. The maximum Gasteiger partial charge on any atom is 0.417 e. The molecule has 2 aromatic carbocycles. The average Bonchev–Trinajstić information content (AvgIpc) is 2.56. The molecular weight excluding hydrogens is 303 g/mol. The maximum atomic E-state index is 13.1. The zero-order valence-corrected chi connectivity index (χ0v) is 12.6. The zero-order valence-electron chi connectivity index (χ0n) is 12.6. The molecule has 0 amide bonds. The minimum absolute atomic E-state index is 0.220. The van der Waals surface area contributed by atoms with Crippen LogP contribution in [-0.4, -0.2) is 31.2 Å². The minimum Gasteiger partial charge on any atom is -0.379 e. The van der Waals surface area contributed by atoms with Crippen molar-refractivity contribution in [3.05, 3.63) is 59.7 Å². The van der Waals surface area contributed by atoms with Crippen molar-refractivity contribution in [2.24, 2.45) is 0 Å². The van der Waals surface area contributed by atoms with Gasteiger partial charge in [-0.1, -0.05) is 42.5 Å². The van der Waals surface area contributed by atoms with Crippen LogP contribution in [0.2, 0.25) is 0 Å². The van der Waals surface area contributed by atoms with Gasteiger partial charge in [0, 0.05) is 19.6 Å². The van der Waals surface area contributed by atoms with E-state index in [1.165, 1.54) is 12.1 Å². The summed E-state index contributed by atoms with van der Waals surface area (Å²) in [5.74, 6) is 0. The van der Waals surface area contributed by atoms with Gasteiger partial charge < -0.3 is 4.74 Å². The number of morpholine rings is 1. The Hall–Kier alpha value is -1.85. The summed E-state index contributed by atoms with van der Waals surface area (Å²) in [6.45, 7) is 4.04. The second-order valence-electron chi connectivity index (χ2n) is 5.63. The van der Waals surface area contributed by atoms with Gasteiger partial charge in [0.25, 0.3) is 0 Å². The molecule has 3 rings (SSSR count). The first-order chi connectivity index (χ1) is 11.0. The van der Waals surface area contributed by atoms with Crippen LogP contribution >= 0.6 is 0 Å². The third-order valence-corrected chi connectivity index (χ3v) is 4.01. The first kappa shape index (κ1) is 16.0. The molecule has 2 aromatic rings. The Balaban J connectivity index is 1.80. The van der Waals surface area contributed by atoms with E-state index in [-0.39, 0.29) is 5.56 Å². The molecule has 1 aliphatic heterocycles. The molecule has 2 nitrogen and oxygen atoms in total. The highest BCUT2D eigenvalue weighted by molar-refractivity contribution is 5.68. The number of benzene rings is 2. The number of hydrogen-bond donors (Lipinski definition) is 0. The average molecular weight is 321 g/mol. The highest BCUT2D eigenvalue weighted by Gasteiger charge is 2.33. The number of nitrogens with zero attached hydrogens (tertiary/aromatic N) is 1. The SMILES string of the molecule is FC(F)(F)c1ccccc1-c1ccc(CN2CCOCC2)cc1. The maximum absolute atomic E-state index is 13.1. The molecule has 0 N–H and O–H groups in total. The summed E-state index contributed by atoms with van der Waals surface area (Å²) in [5, 5.41) is 0. The third kappa shape index (κ3) is 3.92. The molecule has 1 fully saturated rings. The second-order valence-corrected chi connectivity index (χ2v) is 5.63. The van der Waals surface area contributed by atoms with Crippen molar-refractivity contribution in [3.8, 4) is 11.1 Å². The lowest BCUT2D eigenvalue weighted by atomic mass is 9.98. The van der Waals surface area contributed by atoms with Crippen LogP contribution in [-0.2, 0) is 17.5 Å². The lowest BCUT2D eigenvalue weighted by molar-refractivity contribution is -0.137. The first-order valence-electron chi connectivity index (χ1n) is 7.60. The lowest BCUT2D eigenvalue weighted by Crippen LogP contribution is -2.35. The Kier molecular flexibility index (Phi) is 4.68. The molecule has 0 aromatic heterocycles. The summed E-state index contributed by atoms with van der Waals surface area (Å²) < 4.78 is 44.6. The van der Waals surface area contributed by atoms with Crippen LogP contribution in [0, 0.1) is 0 Å². The Morgan fingerprint density at radius 3 is 2.22 bits per heavy atom. The molecule has 1 heterocycles. The molecule has 1 saturated heterocycles. The predicted molar refractivity (Wildman–Crippen MR) is 83.0 cm³/mol. The zero-order chi connectivity index (χ0) is 16.3. The number of hydrogen-bond acceptors (Lipinski definition) is 2. The summed E-state index contributed by atoms with van der Waals surface area (Å²) >= 11 is 0. The molecule has 5 heteroatoms. The monoisotopic (exact) mass is 321 g/mol. The number of halogens is 3.